The molecule has 0 aliphatic heterocycles. The Labute approximate surface area is 135 Å². The van der Waals surface area contributed by atoms with Crippen molar-refractivity contribution >= 4 is 17.3 Å². The van der Waals surface area contributed by atoms with E-state index in [4.69, 9.17) is 11.6 Å². The first-order chi connectivity index (χ1) is 10.8. The van der Waals surface area contributed by atoms with E-state index in [-0.39, 0.29) is 0 Å². The Kier molecular flexibility index (Phi) is 4.74. The fourth-order valence-electron chi connectivity index (χ4n) is 2.30. The van der Waals surface area contributed by atoms with Gasteiger partial charge >= 0.3 is 0 Å². The Morgan fingerprint density at radius 1 is 0.727 bits per heavy atom. The first-order valence-electron chi connectivity index (χ1n) is 7.20. The van der Waals surface area contributed by atoms with Gasteiger partial charge in [-0.3, -0.25) is 0 Å². The van der Waals surface area contributed by atoms with E-state index in [2.05, 4.69) is 41.2 Å². The molecule has 22 heavy (non-hydrogen) atoms. The minimum Gasteiger partial charge on any atom is -0.321 e. The van der Waals surface area contributed by atoms with Crippen molar-refractivity contribution in [2.75, 3.05) is 5.43 Å². The third-order valence-electron chi connectivity index (χ3n) is 3.38. The molecule has 0 spiro atoms. The van der Waals surface area contributed by atoms with Gasteiger partial charge in [-0.05, 0) is 47.0 Å². The van der Waals surface area contributed by atoms with Gasteiger partial charge in [-0.2, -0.15) is 0 Å². The smallest absolute Gasteiger partial charge is 0.0487 e. The lowest BCUT2D eigenvalue weighted by molar-refractivity contribution is 0.802. The van der Waals surface area contributed by atoms with Crippen LogP contribution in [0.1, 0.15) is 5.56 Å². The number of hydrazine groups is 1. The highest BCUT2D eigenvalue weighted by Gasteiger charge is 2.00. The SMILES string of the molecule is Clc1cccc(-c2cccc(CNNc3ccccc3)c2)c1. The van der Waals surface area contributed by atoms with Gasteiger partial charge in [0, 0.05) is 17.3 Å². The highest BCUT2D eigenvalue weighted by Crippen LogP contribution is 2.23. The average Bonchev–Trinajstić information content (AvgIpc) is 2.56. The number of hydrogen-bond donors (Lipinski definition) is 2. The summed E-state index contributed by atoms with van der Waals surface area (Å²) in [7, 11) is 0. The lowest BCUT2D eigenvalue weighted by Crippen LogP contribution is -2.20. The van der Waals surface area contributed by atoms with Crippen LogP contribution in [-0.4, -0.2) is 0 Å². The molecule has 0 heterocycles. The lowest BCUT2D eigenvalue weighted by Gasteiger charge is -2.10. The molecular formula is C19H17ClN2. The molecule has 0 saturated carbocycles. The van der Waals surface area contributed by atoms with Crippen LogP contribution < -0.4 is 10.9 Å². The van der Waals surface area contributed by atoms with Crippen LogP contribution in [0.25, 0.3) is 11.1 Å². The van der Waals surface area contributed by atoms with Crippen molar-refractivity contribution in [2.45, 2.75) is 6.54 Å². The van der Waals surface area contributed by atoms with Crippen LogP contribution in [0.2, 0.25) is 5.02 Å². The van der Waals surface area contributed by atoms with Crippen LogP contribution in [0, 0.1) is 0 Å². The molecule has 0 aromatic heterocycles. The molecule has 3 aromatic carbocycles. The number of benzene rings is 3. The zero-order valence-corrected chi connectivity index (χ0v) is 12.8. The van der Waals surface area contributed by atoms with Gasteiger partial charge in [-0.15, -0.1) is 0 Å². The summed E-state index contributed by atoms with van der Waals surface area (Å²) in [5, 5.41) is 0.756. The van der Waals surface area contributed by atoms with Crippen LogP contribution in [0.4, 0.5) is 5.69 Å². The van der Waals surface area contributed by atoms with Gasteiger partial charge in [0.15, 0.2) is 0 Å². The second-order valence-electron chi connectivity index (χ2n) is 5.06. The first kappa shape index (κ1) is 14.6. The number of hydrogen-bond acceptors (Lipinski definition) is 2. The molecule has 0 saturated heterocycles. The third kappa shape index (κ3) is 3.88. The molecule has 3 rings (SSSR count). The van der Waals surface area contributed by atoms with Crippen molar-refractivity contribution in [1.82, 2.24) is 5.43 Å². The highest BCUT2D eigenvalue weighted by molar-refractivity contribution is 6.30. The average molecular weight is 309 g/mol. The number of para-hydroxylation sites is 1. The van der Waals surface area contributed by atoms with Crippen LogP contribution in [0.15, 0.2) is 78.9 Å². The Morgan fingerprint density at radius 3 is 2.23 bits per heavy atom. The van der Waals surface area contributed by atoms with E-state index < -0.39 is 0 Å². The van der Waals surface area contributed by atoms with E-state index in [1.165, 1.54) is 11.1 Å². The maximum atomic E-state index is 6.06. The predicted octanol–water partition coefficient (Wildman–Crippen LogP) is 5.12. The molecule has 3 heteroatoms. The molecule has 2 nitrogen and oxygen atoms in total. The van der Waals surface area contributed by atoms with Gasteiger partial charge in [-0.1, -0.05) is 60.1 Å². The molecule has 110 valence electrons. The maximum absolute atomic E-state index is 6.06. The van der Waals surface area contributed by atoms with Gasteiger partial charge in [0.05, 0.1) is 0 Å². The standard InChI is InChI=1S/C19H17ClN2/c20-18-9-5-8-17(13-18)16-7-4-6-15(12-16)14-21-22-19-10-2-1-3-11-19/h1-13,21-22H,14H2. The largest absolute Gasteiger partial charge is 0.321 e. The predicted molar refractivity (Wildman–Crippen MR) is 93.8 cm³/mol. The summed E-state index contributed by atoms with van der Waals surface area (Å²) in [5.74, 6) is 0. The Hall–Kier alpha value is -2.29. The van der Waals surface area contributed by atoms with Gasteiger partial charge in [0.1, 0.15) is 0 Å². The molecule has 2 N–H and O–H groups in total. The number of halogens is 1. The fourth-order valence-corrected chi connectivity index (χ4v) is 2.49. The Bertz CT molecular complexity index is 741. The summed E-state index contributed by atoms with van der Waals surface area (Å²) in [6.45, 7) is 0.739. The second-order valence-corrected chi connectivity index (χ2v) is 5.49. The molecule has 0 amide bonds. The molecule has 0 unspecified atom stereocenters. The van der Waals surface area contributed by atoms with Crippen molar-refractivity contribution in [3.8, 4) is 11.1 Å². The van der Waals surface area contributed by atoms with Gasteiger partial charge in [0.2, 0.25) is 0 Å². The normalized spacial score (nSPS) is 10.4. The van der Waals surface area contributed by atoms with E-state index in [9.17, 15) is 0 Å². The molecule has 3 aromatic rings. The van der Waals surface area contributed by atoms with E-state index in [0.717, 1.165) is 22.8 Å². The van der Waals surface area contributed by atoms with E-state index in [0.29, 0.717) is 0 Å². The summed E-state index contributed by atoms with van der Waals surface area (Å²) >= 11 is 6.06. The molecule has 0 aliphatic rings. The second kappa shape index (κ2) is 7.12. The molecule has 0 fully saturated rings. The highest BCUT2D eigenvalue weighted by atomic mass is 35.5. The molecule has 0 radical (unpaired) electrons. The summed E-state index contributed by atoms with van der Waals surface area (Å²) in [6, 6.07) is 26.4. The summed E-state index contributed by atoms with van der Waals surface area (Å²) in [5.41, 5.74) is 11.0. The Morgan fingerprint density at radius 2 is 1.45 bits per heavy atom. The minimum absolute atomic E-state index is 0.739. The van der Waals surface area contributed by atoms with Crippen LogP contribution in [0.3, 0.4) is 0 Å². The van der Waals surface area contributed by atoms with Crippen molar-refractivity contribution in [3.05, 3.63) is 89.4 Å². The Balaban J connectivity index is 1.66. The fraction of sp³-hybridized carbons (Fsp3) is 0.0526. The van der Waals surface area contributed by atoms with Crippen LogP contribution in [0.5, 0.6) is 0 Å². The quantitative estimate of drug-likeness (QED) is 0.639. The minimum atomic E-state index is 0.739. The molecule has 0 atom stereocenters. The monoisotopic (exact) mass is 308 g/mol. The topological polar surface area (TPSA) is 24.1 Å². The van der Waals surface area contributed by atoms with E-state index in [1.807, 2.05) is 48.5 Å². The van der Waals surface area contributed by atoms with Gasteiger partial charge < -0.3 is 5.43 Å². The summed E-state index contributed by atoms with van der Waals surface area (Å²) < 4.78 is 0. The van der Waals surface area contributed by atoms with Crippen molar-refractivity contribution in [2.24, 2.45) is 0 Å². The maximum Gasteiger partial charge on any atom is 0.0487 e. The molecule has 0 aliphatic carbocycles. The van der Waals surface area contributed by atoms with Crippen molar-refractivity contribution in [3.63, 3.8) is 0 Å². The number of anilines is 1. The number of nitrogens with one attached hydrogen (secondary N) is 2. The van der Waals surface area contributed by atoms with Crippen molar-refractivity contribution in [1.29, 1.82) is 0 Å². The first-order valence-corrected chi connectivity index (χ1v) is 7.58. The third-order valence-corrected chi connectivity index (χ3v) is 3.62. The van der Waals surface area contributed by atoms with E-state index in [1.54, 1.807) is 0 Å². The zero-order chi connectivity index (χ0) is 15.2. The van der Waals surface area contributed by atoms with E-state index >= 15 is 0 Å². The van der Waals surface area contributed by atoms with Gasteiger partial charge in [0.25, 0.3) is 0 Å². The number of rotatable bonds is 5. The summed E-state index contributed by atoms with van der Waals surface area (Å²) in [4.78, 5) is 0. The zero-order valence-electron chi connectivity index (χ0n) is 12.1. The van der Waals surface area contributed by atoms with Crippen LogP contribution in [-0.2, 0) is 6.54 Å². The molecule has 0 bridgehead atoms. The summed E-state index contributed by atoms with van der Waals surface area (Å²) in [6.07, 6.45) is 0. The van der Waals surface area contributed by atoms with Crippen molar-refractivity contribution < 1.29 is 0 Å². The van der Waals surface area contributed by atoms with Gasteiger partial charge in [-0.25, -0.2) is 5.43 Å². The molecular weight excluding hydrogens is 292 g/mol. The van der Waals surface area contributed by atoms with Crippen LogP contribution >= 0.6 is 11.6 Å². The lowest BCUT2D eigenvalue weighted by atomic mass is 10.0.